The van der Waals surface area contributed by atoms with Gasteiger partial charge < -0.3 is 16.0 Å². The van der Waals surface area contributed by atoms with Gasteiger partial charge in [-0.2, -0.15) is 0 Å². The van der Waals surface area contributed by atoms with Gasteiger partial charge in [-0.1, -0.05) is 12.1 Å². The molecule has 1 fully saturated rings. The van der Waals surface area contributed by atoms with Crippen LogP contribution in [-0.2, 0) is 0 Å². The van der Waals surface area contributed by atoms with E-state index in [1.807, 2.05) is 4.98 Å². The minimum Gasteiger partial charge on any atom is -0.392 e. The van der Waals surface area contributed by atoms with Gasteiger partial charge in [-0.3, -0.25) is 14.6 Å². The summed E-state index contributed by atoms with van der Waals surface area (Å²) in [6, 6.07) is 6.28. The van der Waals surface area contributed by atoms with Crippen LogP contribution in [0.3, 0.4) is 0 Å². The first-order chi connectivity index (χ1) is 11.0. The van der Waals surface area contributed by atoms with Crippen molar-refractivity contribution in [3.63, 3.8) is 0 Å². The van der Waals surface area contributed by atoms with E-state index >= 15 is 0 Å². The minimum absolute atomic E-state index is 0.236. The second-order valence-corrected chi connectivity index (χ2v) is 5.56. The predicted molar refractivity (Wildman–Crippen MR) is 81.7 cm³/mol. The molecule has 23 heavy (non-hydrogen) atoms. The van der Waals surface area contributed by atoms with E-state index in [1.54, 1.807) is 12.1 Å². The van der Waals surface area contributed by atoms with E-state index in [1.165, 1.54) is 12.1 Å². The minimum atomic E-state index is -0.797. The third-order valence-corrected chi connectivity index (χ3v) is 3.95. The average Bonchev–Trinajstić information content (AvgIpc) is 3.29. The molecule has 1 unspecified atom stereocenters. The van der Waals surface area contributed by atoms with Crippen LogP contribution in [-0.4, -0.2) is 22.4 Å². The normalized spacial score (nSPS) is 19.3. The first-order valence-corrected chi connectivity index (χ1v) is 7.11. The van der Waals surface area contributed by atoms with E-state index < -0.39 is 17.2 Å². The molecule has 0 radical (unpaired) electrons. The predicted octanol–water partition coefficient (Wildman–Crippen LogP) is 0.318. The van der Waals surface area contributed by atoms with Crippen LogP contribution >= 0.6 is 0 Å². The van der Waals surface area contributed by atoms with E-state index in [0.29, 0.717) is 6.54 Å². The maximum atomic E-state index is 12.9. The molecule has 2 aromatic rings. The number of hydrogen-bond acceptors (Lipinski definition) is 4. The lowest BCUT2D eigenvalue weighted by molar-refractivity contribution is 0.0947. The van der Waals surface area contributed by atoms with Crippen LogP contribution in [0.5, 0.6) is 0 Å². The first-order valence-electron chi connectivity index (χ1n) is 7.11. The van der Waals surface area contributed by atoms with Crippen molar-refractivity contribution in [3.8, 4) is 0 Å². The van der Waals surface area contributed by atoms with Gasteiger partial charge in [-0.25, -0.2) is 9.18 Å². The number of nitrogens with one attached hydrogen (secondary N) is 3. The summed E-state index contributed by atoms with van der Waals surface area (Å²) in [4.78, 5) is 38.8. The van der Waals surface area contributed by atoms with Crippen LogP contribution in [0.4, 0.5) is 10.1 Å². The number of carbonyl (C=O) groups is 1. The number of halogens is 1. The molecule has 1 amide bonds. The van der Waals surface area contributed by atoms with Gasteiger partial charge in [-0.05, 0) is 36.0 Å². The quantitative estimate of drug-likeness (QED) is 0.648. The third-order valence-electron chi connectivity index (χ3n) is 3.95. The molecular weight excluding hydrogens is 303 g/mol. The molecule has 2 atom stereocenters. The van der Waals surface area contributed by atoms with Crippen molar-refractivity contribution >= 4 is 11.6 Å². The SMILES string of the molecule is Nc1c(C(=O)NC[C@@H]2CC2c2ccc(F)cc2)[nH]c(=O)[nH]c1=O. The summed E-state index contributed by atoms with van der Waals surface area (Å²) >= 11 is 0. The van der Waals surface area contributed by atoms with Gasteiger partial charge in [0.25, 0.3) is 11.5 Å². The molecule has 7 nitrogen and oxygen atoms in total. The van der Waals surface area contributed by atoms with Gasteiger partial charge in [0, 0.05) is 6.54 Å². The monoisotopic (exact) mass is 318 g/mol. The summed E-state index contributed by atoms with van der Waals surface area (Å²) in [5, 5.41) is 2.65. The van der Waals surface area contributed by atoms with Crippen LogP contribution in [0, 0.1) is 11.7 Å². The van der Waals surface area contributed by atoms with E-state index in [9.17, 15) is 18.8 Å². The molecule has 1 aromatic heterocycles. The summed E-state index contributed by atoms with van der Waals surface area (Å²) in [6.07, 6.45) is 0.882. The van der Waals surface area contributed by atoms with Crippen LogP contribution in [0.1, 0.15) is 28.4 Å². The fourth-order valence-electron chi connectivity index (χ4n) is 2.58. The second kappa shape index (κ2) is 5.71. The number of hydrogen-bond donors (Lipinski definition) is 4. The van der Waals surface area contributed by atoms with Crippen LogP contribution in [0.15, 0.2) is 33.9 Å². The Labute approximate surface area is 129 Å². The van der Waals surface area contributed by atoms with Crippen LogP contribution in [0.2, 0.25) is 0 Å². The highest BCUT2D eigenvalue weighted by molar-refractivity contribution is 5.96. The van der Waals surface area contributed by atoms with E-state index in [4.69, 9.17) is 5.73 Å². The molecule has 120 valence electrons. The van der Waals surface area contributed by atoms with Crippen molar-refractivity contribution in [1.29, 1.82) is 0 Å². The van der Waals surface area contributed by atoms with Crippen molar-refractivity contribution in [3.05, 3.63) is 62.2 Å². The lowest BCUT2D eigenvalue weighted by atomic mass is 10.1. The fourth-order valence-corrected chi connectivity index (χ4v) is 2.58. The lowest BCUT2D eigenvalue weighted by Gasteiger charge is -2.06. The van der Waals surface area contributed by atoms with Crippen LogP contribution < -0.4 is 22.3 Å². The second-order valence-electron chi connectivity index (χ2n) is 5.56. The number of nitrogens with two attached hydrogens (primary N) is 1. The molecule has 0 saturated heterocycles. The highest BCUT2D eigenvalue weighted by atomic mass is 19.1. The van der Waals surface area contributed by atoms with Crippen molar-refractivity contribution in [1.82, 2.24) is 15.3 Å². The highest BCUT2D eigenvalue weighted by Gasteiger charge is 2.38. The molecule has 3 rings (SSSR count). The standard InChI is InChI=1S/C15H15FN4O3/c16-9-3-1-7(2-4-9)10-5-8(10)6-18-14(22)12-11(17)13(21)20-15(23)19-12/h1-4,8,10H,5-6,17H2,(H,18,22)(H2,19,20,21,23)/t8-,10?/m0/s1. The largest absolute Gasteiger partial charge is 0.392 e. The summed E-state index contributed by atoms with van der Waals surface area (Å²) in [7, 11) is 0. The molecule has 0 spiro atoms. The van der Waals surface area contributed by atoms with E-state index in [0.717, 1.165) is 12.0 Å². The molecular formula is C15H15FN4O3. The molecule has 5 N–H and O–H groups in total. The fraction of sp³-hybridized carbons (Fsp3) is 0.267. The lowest BCUT2D eigenvalue weighted by Crippen LogP contribution is -2.34. The zero-order valence-corrected chi connectivity index (χ0v) is 12.1. The molecule has 1 heterocycles. The Morgan fingerprint density at radius 2 is 1.96 bits per heavy atom. The van der Waals surface area contributed by atoms with Crippen molar-refractivity contribution < 1.29 is 9.18 Å². The van der Waals surface area contributed by atoms with Gasteiger partial charge in [0.15, 0.2) is 0 Å². The number of nitrogen functional groups attached to an aromatic ring is 1. The third kappa shape index (κ3) is 3.15. The number of carbonyl (C=O) groups excluding carboxylic acids is 1. The zero-order valence-electron chi connectivity index (χ0n) is 12.1. The first kappa shape index (κ1) is 15.0. The molecule has 8 heteroatoms. The topological polar surface area (TPSA) is 121 Å². The maximum Gasteiger partial charge on any atom is 0.326 e. The van der Waals surface area contributed by atoms with Gasteiger partial charge in [0.1, 0.15) is 17.2 Å². The van der Waals surface area contributed by atoms with Crippen molar-refractivity contribution in [2.75, 3.05) is 12.3 Å². The Balaban J connectivity index is 1.62. The number of benzene rings is 1. The summed E-state index contributed by atoms with van der Waals surface area (Å²) in [5.74, 6) is -0.380. The average molecular weight is 318 g/mol. The Morgan fingerprint density at radius 3 is 2.65 bits per heavy atom. The van der Waals surface area contributed by atoms with E-state index in [2.05, 4.69) is 10.3 Å². The summed E-state index contributed by atoms with van der Waals surface area (Å²) in [5.41, 5.74) is 4.37. The van der Waals surface area contributed by atoms with Gasteiger partial charge in [0.05, 0.1) is 0 Å². The number of aromatic nitrogens is 2. The van der Waals surface area contributed by atoms with Crippen LogP contribution in [0.25, 0.3) is 0 Å². The van der Waals surface area contributed by atoms with Gasteiger partial charge >= 0.3 is 5.69 Å². The molecule has 0 aliphatic heterocycles. The maximum absolute atomic E-state index is 12.9. The Hall–Kier alpha value is -2.90. The molecule has 1 aromatic carbocycles. The highest BCUT2D eigenvalue weighted by Crippen LogP contribution is 2.46. The molecule has 1 saturated carbocycles. The number of rotatable bonds is 4. The Morgan fingerprint density at radius 1 is 1.26 bits per heavy atom. The zero-order chi connectivity index (χ0) is 16.6. The van der Waals surface area contributed by atoms with Crippen molar-refractivity contribution in [2.45, 2.75) is 12.3 Å². The van der Waals surface area contributed by atoms with Gasteiger partial charge in [0.2, 0.25) is 0 Å². The molecule has 1 aliphatic rings. The molecule has 0 bridgehead atoms. The number of aromatic amines is 2. The molecule has 1 aliphatic carbocycles. The number of anilines is 1. The number of amides is 1. The number of H-pyrrole nitrogens is 2. The smallest absolute Gasteiger partial charge is 0.326 e. The Bertz CT molecular complexity index is 856. The summed E-state index contributed by atoms with van der Waals surface area (Å²) < 4.78 is 12.9. The van der Waals surface area contributed by atoms with Crippen molar-refractivity contribution in [2.24, 2.45) is 5.92 Å². The van der Waals surface area contributed by atoms with E-state index in [-0.39, 0.29) is 29.0 Å². The Kier molecular flexibility index (Phi) is 3.73. The van der Waals surface area contributed by atoms with Gasteiger partial charge in [-0.15, -0.1) is 0 Å². The summed E-state index contributed by atoms with van der Waals surface area (Å²) in [6.45, 7) is 0.384.